The standard InChI is InChI=1S/C18H25N5O2/c1-21-17-15(10-20-21)18(25)23(12-19-17)9-7-16(24)22-8-6-13-4-2-3-5-14(13)11-22/h10,12-14H,2-9,11H2,1H3/t13-,14-/m0/s1. The first-order valence-electron chi connectivity index (χ1n) is 9.28. The molecule has 1 amide bonds. The average molecular weight is 343 g/mol. The summed E-state index contributed by atoms with van der Waals surface area (Å²) >= 11 is 0. The van der Waals surface area contributed by atoms with Crippen LogP contribution in [0.4, 0.5) is 0 Å². The van der Waals surface area contributed by atoms with E-state index < -0.39 is 0 Å². The number of piperidine rings is 1. The number of nitrogens with zero attached hydrogens (tertiary/aromatic N) is 5. The highest BCUT2D eigenvalue weighted by Crippen LogP contribution is 2.36. The third-order valence-electron chi connectivity index (χ3n) is 5.93. The van der Waals surface area contributed by atoms with Gasteiger partial charge in [0, 0.05) is 33.1 Å². The quantitative estimate of drug-likeness (QED) is 0.848. The summed E-state index contributed by atoms with van der Waals surface area (Å²) in [4.78, 5) is 31.4. The zero-order valence-corrected chi connectivity index (χ0v) is 14.7. The molecule has 0 N–H and O–H groups in total. The summed E-state index contributed by atoms with van der Waals surface area (Å²) in [7, 11) is 1.76. The van der Waals surface area contributed by atoms with E-state index in [1.807, 2.05) is 4.90 Å². The van der Waals surface area contributed by atoms with E-state index in [0.29, 0.717) is 29.9 Å². The Bertz CT molecular complexity index is 840. The molecule has 1 aliphatic heterocycles. The highest BCUT2D eigenvalue weighted by Gasteiger charge is 2.32. The van der Waals surface area contributed by atoms with Crippen LogP contribution in [0.5, 0.6) is 0 Å². The van der Waals surface area contributed by atoms with Crippen LogP contribution >= 0.6 is 0 Å². The van der Waals surface area contributed by atoms with Crippen molar-refractivity contribution < 1.29 is 4.79 Å². The van der Waals surface area contributed by atoms with Crippen LogP contribution in [-0.2, 0) is 18.4 Å². The number of carbonyl (C=O) groups is 1. The van der Waals surface area contributed by atoms with Crippen LogP contribution < -0.4 is 5.56 Å². The summed E-state index contributed by atoms with van der Waals surface area (Å²) in [5, 5.41) is 4.57. The minimum atomic E-state index is -0.128. The molecule has 1 aliphatic carbocycles. The first kappa shape index (κ1) is 16.3. The van der Waals surface area contributed by atoms with Crippen LogP contribution in [-0.4, -0.2) is 43.2 Å². The van der Waals surface area contributed by atoms with Gasteiger partial charge in [0.1, 0.15) is 5.39 Å². The van der Waals surface area contributed by atoms with E-state index in [-0.39, 0.29) is 11.5 Å². The Labute approximate surface area is 146 Å². The smallest absolute Gasteiger partial charge is 0.264 e. The molecule has 1 saturated heterocycles. The molecule has 0 bridgehead atoms. The Morgan fingerprint density at radius 2 is 2.04 bits per heavy atom. The SMILES string of the molecule is Cn1ncc2c(=O)n(CCC(=O)N3CC[C@@H]4CCCC[C@H]4C3)cnc21. The lowest BCUT2D eigenvalue weighted by molar-refractivity contribution is -0.134. The third-order valence-corrected chi connectivity index (χ3v) is 5.93. The first-order chi connectivity index (χ1) is 12.1. The Kier molecular flexibility index (Phi) is 4.31. The molecule has 0 radical (unpaired) electrons. The molecule has 134 valence electrons. The molecule has 2 aromatic heterocycles. The van der Waals surface area contributed by atoms with Gasteiger partial charge in [-0.15, -0.1) is 0 Å². The van der Waals surface area contributed by atoms with Gasteiger partial charge in [0.25, 0.3) is 5.56 Å². The second-order valence-electron chi connectivity index (χ2n) is 7.43. The van der Waals surface area contributed by atoms with Crippen molar-refractivity contribution in [2.24, 2.45) is 18.9 Å². The van der Waals surface area contributed by atoms with Crippen molar-refractivity contribution in [2.75, 3.05) is 13.1 Å². The van der Waals surface area contributed by atoms with Gasteiger partial charge in [-0.25, -0.2) is 4.98 Å². The maximum Gasteiger partial charge on any atom is 0.264 e. The van der Waals surface area contributed by atoms with E-state index in [4.69, 9.17) is 0 Å². The van der Waals surface area contributed by atoms with E-state index in [1.165, 1.54) is 42.8 Å². The van der Waals surface area contributed by atoms with Crippen LogP contribution in [0.3, 0.4) is 0 Å². The third kappa shape index (κ3) is 3.07. The molecule has 2 fully saturated rings. The molecule has 2 aliphatic rings. The van der Waals surface area contributed by atoms with E-state index in [0.717, 1.165) is 25.4 Å². The molecular weight excluding hydrogens is 318 g/mol. The number of rotatable bonds is 3. The van der Waals surface area contributed by atoms with Crippen LogP contribution in [0.15, 0.2) is 17.3 Å². The van der Waals surface area contributed by atoms with E-state index in [1.54, 1.807) is 11.7 Å². The molecule has 7 nitrogen and oxygen atoms in total. The maximum absolute atomic E-state index is 12.6. The fourth-order valence-electron chi connectivity index (χ4n) is 4.43. The summed E-state index contributed by atoms with van der Waals surface area (Å²) in [6.07, 6.45) is 9.79. The van der Waals surface area contributed by atoms with Crippen LogP contribution in [0, 0.1) is 11.8 Å². The molecule has 0 spiro atoms. The Morgan fingerprint density at radius 3 is 2.88 bits per heavy atom. The van der Waals surface area contributed by atoms with Crippen molar-refractivity contribution in [3.8, 4) is 0 Å². The molecule has 25 heavy (non-hydrogen) atoms. The van der Waals surface area contributed by atoms with Crippen LogP contribution in [0.25, 0.3) is 11.0 Å². The second-order valence-corrected chi connectivity index (χ2v) is 7.43. The molecule has 7 heteroatoms. The van der Waals surface area contributed by atoms with Crippen molar-refractivity contribution in [1.29, 1.82) is 0 Å². The predicted molar refractivity (Wildman–Crippen MR) is 94.0 cm³/mol. The molecule has 0 aromatic carbocycles. The number of hydrogen-bond acceptors (Lipinski definition) is 4. The Hall–Kier alpha value is -2.18. The number of amides is 1. The number of hydrogen-bond donors (Lipinski definition) is 0. The highest BCUT2D eigenvalue weighted by molar-refractivity contribution is 5.76. The monoisotopic (exact) mass is 343 g/mol. The number of fused-ring (bicyclic) bond motifs is 2. The summed E-state index contributed by atoms with van der Waals surface area (Å²) in [6.45, 7) is 2.15. The van der Waals surface area contributed by atoms with Gasteiger partial charge in [0.15, 0.2) is 5.65 Å². The summed E-state index contributed by atoms with van der Waals surface area (Å²) in [5.74, 6) is 1.65. The molecule has 3 heterocycles. The number of aromatic nitrogens is 4. The zero-order chi connectivity index (χ0) is 17.4. The zero-order valence-electron chi connectivity index (χ0n) is 14.7. The molecular formula is C18H25N5O2. The molecule has 2 aromatic rings. The predicted octanol–water partition coefficient (Wildman–Crippen LogP) is 1.56. The van der Waals surface area contributed by atoms with Gasteiger partial charge >= 0.3 is 0 Å². The second kappa shape index (κ2) is 6.61. The van der Waals surface area contributed by atoms with Crippen molar-refractivity contribution in [3.05, 3.63) is 22.9 Å². The molecule has 2 atom stereocenters. The summed E-state index contributed by atoms with van der Waals surface area (Å²) in [5.41, 5.74) is 0.448. The number of aryl methyl sites for hydroxylation is 2. The molecule has 1 saturated carbocycles. The molecule has 4 rings (SSSR count). The highest BCUT2D eigenvalue weighted by atomic mass is 16.2. The van der Waals surface area contributed by atoms with Gasteiger partial charge in [0.2, 0.25) is 5.91 Å². The van der Waals surface area contributed by atoms with Gasteiger partial charge in [-0.2, -0.15) is 5.10 Å². The molecule has 0 unspecified atom stereocenters. The van der Waals surface area contributed by atoms with Crippen molar-refractivity contribution >= 4 is 16.9 Å². The van der Waals surface area contributed by atoms with Crippen molar-refractivity contribution in [2.45, 2.75) is 45.1 Å². The van der Waals surface area contributed by atoms with E-state index >= 15 is 0 Å². The van der Waals surface area contributed by atoms with Crippen molar-refractivity contribution in [1.82, 2.24) is 24.2 Å². The van der Waals surface area contributed by atoms with Crippen LogP contribution in [0.2, 0.25) is 0 Å². The fraction of sp³-hybridized carbons (Fsp3) is 0.667. The van der Waals surface area contributed by atoms with Gasteiger partial charge in [-0.05, 0) is 24.7 Å². The van der Waals surface area contributed by atoms with Gasteiger partial charge in [-0.3, -0.25) is 18.8 Å². The van der Waals surface area contributed by atoms with E-state index in [9.17, 15) is 9.59 Å². The lowest BCUT2D eigenvalue weighted by Gasteiger charge is -2.41. The van der Waals surface area contributed by atoms with Gasteiger partial charge in [0.05, 0.1) is 12.5 Å². The Morgan fingerprint density at radius 1 is 1.24 bits per heavy atom. The number of likely N-dealkylation sites (tertiary alicyclic amines) is 1. The topological polar surface area (TPSA) is 73.0 Å². The van der Waals surface area contributed by atoms with Gasteiger partial charge < -0.3 is 4.90 Å². The van der Waals surface area contributed by atoms with E-state index in [2.05, 4.69) is 10.1 Å². The summed E-state index contributed by atoms with van der Waals surface area (Å²) in [6, 6.07) is 0. The average Bonchev–Trinajstić information content (AvgIpc) is 3.02. The van der Waals surface area contributed by atoms with Gasteiger partial charge in [-0.1, -0.05) is 19.3 Å². The van der Waals surface area contributed by atoms with Crippen molar-refractivity contribution in [3.63, 3.8) is 0 Å². The number of carbonyl (C=O) groups excluding carboxylic acids is 1. The largest absolute Gasteiger partial charge is 0.342 e. The summed E-state index contributed by atoms with van der Waals surface area (Å²) < 4.78 is 3.11. The Balaban J connectivity index is 1.40. The lowest BCUT2D eigenvalue weighted by Crippen LogP contribution is -2.45. The first-order valence-corrected chi connectivity index (χ1v) is 9.28. The fourth-order valence-corrected chi connectivity index (χ4v) is 4.43. The maximum atomic E-state index is 12.6. The van der Waals surface area contributed by atoms with Crippen LogP contribution in [0.1, 0.15) is 38.5 Å². The normalized spacial score (nSPS) is 23.6. The minimum absolute atomic E-state index is 0.128. The minimum Gasteiger partial charge on any atom is -0.342 e. The lowest BCUT2D eigenvalue weighted by atomic mass is 9.75.